The Labute approximate surface area is 146 Å². The number of nitrogens with one attached hydrogen (secondary N) is 1. The molecule has 0 saturated heterocycles. The number of hydrogen-bond acceptors (Lipinski definition) is 5. The van der Waals surface area contributed by atoms with Gasteiger partial charge in [0.1, 0.15) is 0 Å². The van der Waals surface area contributed by atoms with E-state index in [1.807, 2.05) is 0 Å². The van der Waals surface area contributed by atoms with Crippen molar-refractivity contribution in [3.05, 3.63) is 0 Å². The fourth-order valence-corrected chi connectivity index (χ4v) is 2.54. The molecule has 0 spiro atoms. The molecule has 0 bridgehead atoms. The molecule has 5 nitrogen and oxygen atoms in total. The SMILES string of the molecule is CCCCCCCCCCNCC(O)CS(=O)(=O)[O-].[Na+]. The van der Waals surface area contributed by atoms with Crippen LogP contribution >= 0.6 is 0 Å². The maximum atomic E-state index is 10.4. The Morgan fingerprint density at radius 1 is 1.05 bits per heavy atom. The molecular formula is C13H28NNaO4S. The Kier molecular flexibility index (Phi) is 17.0. The number of rotatable bonds is 13. The van der Waals surface area contributed by atoms with Gasteiger partial charge >= 0.3 is 29.6 Å². The van der Waals surface area contributed by atoms with Gasteiger partial charge in [-0.05, 0) is 13.0 Å². The van der Waals surface area contributed by atoms with Crippen LogP contribution in [0.2, 0.25) is 0 Å². The van der Waals surface area contributed by atoms with Crippen molar-refractivity contribution < 1.29 is 47.6 Å². The molecule has 0 saturated carbocycles. The third-order valence-corrected chi connectivity index (χ3v) is 3.78. The first-order chi connectivity index (χ1) is 8.95. The summed E-state index contributed by atoms with van der Waals surface area (Å²) < 4.78 is 31.1. The van der Waals surface area contributed by atoms with Crippen LogP contribution in [0.4, 0.5) is 0 Å². The van der Waals surface area contributed by atoms with Crippen LogP contribution < -0.4 is 34.9 Å². The van der Waals surface area contributed by atoms with E-state index in [4.69, 9.17) is 0 Å². The minimum absolute atomic E-state index is 0. The van der Waals surface area contributed by atoms with E-state index in [9.17, 15) is 18.1 Å². The normalized spacial score (nSPS) is 12.9. The minimum Gasteiger partial charge on any atom is -0.748 e. The molecule has 0 aromatic heterocycles. The predicted octanol–water partition coefficient (Wildman–Crippen LogP) is -1.37. The molecule has 116 valence electrons. The van der Waals surface area contributed by atoms with E-state index < -0.39 is 22.0 Å². The average Bonchev–Trinajstić information content (AvgIpc) is 2.29. The van der Waals surface area contributed by atoms with Crippen LogP contribution in [0.3, 0.4) is 0 Å². The summed E-state index contributed by atoms with van der Waals surface area (Å²) in [6, 6.07) is 0. The van der Waals surface area contributed by atoms with Gasteiger partial charge < -0.3 is 15.0 Å². The van der Waals surface area contributed by atoms with Gasteiger partial charge in [0, 0.05) is 6.54 Å². The Morgan fingerprint density at radius 2 is 1.55 bits per heavy atom. The first kappa shape index (κ1) is 23.1. The molecule has 0 rings (SSSR count). The van der Waals surface area contributed by atoms with E-state index >= 15 is 0 Å². The molecule has 7 heteroatoms. The molecule has 0 aromatic carbocycles. The summed E-state index contributed by atoms with van der Waals surface area (Å²) in [6.07, 6.45) is 8.79. The van der Waals surface area contributed by atoms with Crippen molar-refractivity contribution in [3.63, 3.8) is 0 Å². The molecule has 2 N–H and O–H groups in total. The van der Waals surface area contributed by atoms with E-state index in [0.717, 1.165) is 19.4 Å². The van der Waals surface area contributed by atoms with Gasteiger partial charge in [0.15, 0.2) is 0 Å². The van der Waals surface area contributed by atoms with E-state index in [1.165, 1.54) is 38.5 Å². The molecule has 1 atom stereocenters. The van der Waals surface area contributed by atoms with Gasteiger partial charge in [-0.25, -0.2) is 8.42 Å². The maximum absolute atomic E-state index is 10.4. The summed E-state index contributed by atoms with van der Waals surface area (Å²) in [4.78, 5) is 0. The molecule has 0 aliphatic heterocycles. The molecular weight excluding hydrogens is 289 g/mol. The van der Waals surface area contributed by atoms with Gasteiger partial charge in [0.05, 0.1) is 22.0 Å². The molecule has 0 amide bonds. The monoisotopic (exact) mass is 317 g/mol. The molecule has 1 unspecified atom stereocenters. The molecule has 0 radical (unpaired) electrons. The smallest absolute Gasteiger partial charge is 0.748 e. The van der Waals surface area contributed by atoms with E-state index in [-0.39, 0.29) is 36.1 Å². The first-order valence-corrected chi connectivity index (χ1v) is 8.85. The summed E-state index contributed by atoms with van der Waals surface area (Å²) in [5, 5.41) is 12.2. The van der Waals surface area contributed by atoms with Crippen LogP contribution in [0.1, 0.15) is 58.3 Å². The number of aliphatic hydroxyl groups is 1. The van der Waals surface area contributed by atoms with Crippen molar-refractivity contribution in [1.29, 1.82) is 0 Å². The molecule has 20 heavy (non-hydrogen) atoms. The second kappa shape index (κ2) is 14.8. The largest absolute Gasteiger partial charge is 1.00 e. The Morgan fingerprint density at radius 3 is 2.05 bits per heavy atom. The van der Waals surface area contributed by atoms with Crippen LogP contribution in [0.15, 0.2) is 0 Å². The van der Waals surface area contributed by atoms with Crippen molar-refractivity contribution in [1.82, 2.24) is 5.32 Å². The molecule has 0 aliphatic carbocycles. The summed E-state index contributed by atoms with van der Waals surface area (Å²) in [5.74, 6) is -0.711. The number of hydrogen-bond donors (Lipinski definition) is 2. The van der Waals surface area contributed by atoms with Crippen LogP contribution in [-0.2, 0) is 10.1 Å². The molecule has 0 heterocycles. The third kappa shape index (κ3) is 18.8. The number of aliphatic hydroxyl groups excluding tert-OH is 1. The average molecular weight is 317 g/mol. The zero-order valence-corrected chi connectivity index (χ0v) is 15.8. The summed E-state index contributed by atoms with van der Waals surface area (Å²) in [6.45, 7) is 3.13. The van der Waals surface area contributed by atoms with Gasteiger partial charge in [-0.15, -0.1) is 0 Å². The molecule has 0 aromatic rings. The van der Waals surface area contributed by atoms with Crippen molar-refractivity contribution in [2.45, 2.75) is 64.4 Å². The van der Waals surface area contributed by atoms with Crippen LogP contribution in [-0.4, -0.2) is 43.0 Å². The molecule has 0 aliphatic rings. The summed E-state index contributed by atoms with van der Waals surface area (Å²) in [7, 11) is -4.33. The van der Waals surface area contributed by atoms with Crippen LogP contribution in [0.25, 0.3) is 0 Å². The van der Waals surface area contributed by atoms with Gasteiger partial charge in [-0.2, -0.15) is 0 Å². The first-order valence-electron chi connectivity index (χ1n) is 7.28. The standard InChI is InChI=1S/C13H29NO4S.Na/c1-2-3-4-5-6-7-8-9-10-14-11-13(15)12-19(16,17)18;/h13-15H,2-12H2,1H3,(H,16,17,18);/q;+1/p-1. The van der Waals surface area contributed by atoms with Gasteiger partial charge in [0.2, 0.25) is 0 Å². The third-order valence-electron chi connectivity index (χ3n) is 2.98. The molecule has 0 fully saturated rings. The Bertz CT molecular complexity index is 299. The van der Waals surface area contributed by atoms with Gasteiger partial charge in [-0.1, -0.05) is 51.9 Å². The van der Waals surface area contributed by atoms with Crippen molar-refractivity contribution >= 4 is 10.1 Å². The van der Waals surface area contributed by atoms with Crippen molar-refractivity contribution in [2.24, 2.45) is 0 Å². The van der Waals surface area contributed by atoms with E-state index in [0.29, 0.717) is 0 Å². The van der Waals surface area contributed by atoms with E-state index in [2.05, 4.69) is 12.2 Å². The second-order valence-electron chi connectivity index (χ2n) is 5.06. The summed E-state index contributed by atoms with van der Waals surface area (Å²) in [5.41, 5.74) is 0. The maximum Gasteiger partial charge on any atom is 1.00 e. The Balaban J connectivity index is 0. The fraction of sp³-hybridized carbons (Fsp3) is 1.00. The predicted molar refractivity (Wildman–Crippen MR) is 76.1 cm³/mol. The Hall–Kier alpha value is 0.830. The van der Waals surface area contributed by atoms with Gasteiger partial charge in [0.25, 0.3) is 0 Å². The topological polar surface area (TPSA) is 89.5 Å². The van der Waals surface area contributed by atoms with Crippen LogP contribution in [0, 0.1) is 0 Å². The van der Waals surface area contributed by atoms with Crippen molar-refractivity contribution in [3.8, 4) is 0 Å². The van der Waals surface area contributed by atoms with Crippen LogP contribution in [0.5, 0.6) is 0 Å². The minimum atomic E-state index is -4.33. The quantitative estimate of drug-likeness (QED) is 0.248. The van der Waals surface area contributed by atoms with Crippen molar-refractivity contribution in [2.75, 3.05) is 18.8 Å². The van der Waals surface area contributed by atoms with Gasteiger partial charge in [-0.3, -0.25) is 0 Å². The summed E-state index contributed by atoms with van der Waals surface area (Å²) >= 11 is 0. The zero-order chi connectivity index (χ0) is 14.6. The number of unbranched alkanes of at least 4 members (excludes halogenated alkanes) is 7. The second-order valence-corrected chi connectivity index (χ2v) is 6.51. The fourth-order valence-electron chi connectivity index (χ4n) is 1.95. The van der Waals surface area contributed by atoms with E-state index in [1.54, 1.807) is 0 Å². The zero-order valence-electron chi connectivity index (χ0n) is 12.9.